The van der Waals surface area contributed by atoms with E-state index in [2.05, 4.69) is 10.6 Å². The predicted molar refractivity (Wildman–Crippen MR) is 103 cm³/mol. The molecular formula is C22H16N2O6. The van der Waals surface area contributed by atoms with Crippen molar-refractivity contribution in [1.29, 1.82) is 0 Å². The highest BCUT2D eigenvalue weighted by Gasteiger charge is 2.75. The second-order valence-electron chi connectivity index (χ2n) is 7.27. The molecule has 8 heteroatoms. The van der Waals surface area contributed by atoms with Crippen LogP contribution in [-0.2, 0) is 9.59 Å². The molecular weight excluding hydrogens is 388 g/mol. The Morgan fingerprint density at radius 2 is 0.800 bits per heavy atom. The van der Waals surface area contributed by atoms with Gasteiger partial charge in [0.1, 0.15) is 0 Å². The van der Waals surface area contributed by atoms with Crippen molar-refractivity contribution in [2.75, 3.05) is 0 Å². The summed E-state index contributed by atoms with van der Waals surface area (Å²) in [7, 11) is 0. The van der Waals surface area contributed by atoms with Crippen LogP contribution in [0.15, 0.2) is 48.5 Å². The maximum atomic E-state index is 13.6. The molecule has 0 saturated heterocycles. The van der Waals surface area contributed by atoms with Gasteiger partial charge in [-0.3, -0.25) is 28.8 Å². The number of benzene rings is 2. The molecule has 0 saturated carbocycles. The van der Waals surface area contributed by atoms with Crippen LogP contribution in [0.4, 0.5) is 0 Å². The molecule has 150 valence electrons. The summed E-state index contributed by atoms with van der Waals surface area (Å²) >= 11 is 0. The van der Waals surface area contributed by atoms with E-state index in [1.165, 1.54) is 48.5 Å². The van der Waals surface area contributed by atoms with E-state index in [0.717, 1.165) is 13.8 Å². The third kappa shape index (κ3) is 2.15. The Morgan fingerprint density at radius 1 is 0.567 bits per heavy atom. The minimum absolute atomic E-state index is 0.0440. The van der Waals surface area contributed by atoms with Crippen LogP contribution in [0.25, 0.3) is 0 Å². The molecule has 2 aromatic rings. The van der Waals surface area contributed by atoms with Crippen molar-refractivity contribution >= 4 is 34.9 Å². The number of hydrogen-bond donors (Lipinski definition) is 2. The van der Waals surface area contributed by atoms with E-state index in [-0.39, 0.29) is 22.3 Å². The average molecular weight is 404 g/mol. The normalized spacial score (nSPS) is 18.1. The second kappa shape index (κ2) is 6.28. The van der Waals surface area contributed by atoms with Gasteiger partial charge >= 0.3 is 0 Å². The Kier molecular flexibility index (Phi) is 4.06. The summed E-state index contributed by atoms with van der Waals surface area (Å²) < 4.78 is 0. The molecule has 0 aliphatic heterocycles. The van der Waals surface area contributed by atoms with Gasteiger partial charge in [-0.05, 0) is 0 Å². The topological polar surface area (TPSA) is 126 Å². The van der Waals surface area contributed by atoms with Crippen LogP contribution in [-0.4, -0.2) is 46.0 Å². The van der Waals surface area contributed by atoms with Crippen LogP contribution in [0.3, 0.4) is 0 Å². The zero-order valence-electron chi connectivity index (χ0n) is 16.1. The quantitative estimate of drug-likeness (QED) is 0.732. The van der Waals surface area contributed by atoms with E-state index in [9.17, 15) is 28.8 Å². The van der Waals surface area contributed by atoms with Gasteiger partial charge < -0.3 is 10.6 Å². The zero-order chi connectivity index (χ0) is 21.8. The first-order chi connectivity index (χ1) is 14.2. The van der Waals surface area contributed by atoms with Crippen molar-refractivity contribution in [3.05, 3.63) is 70.8 Å². The fraction of sp³-hybridized carbons (Fsp3) is 0.182. The number of fused-ring (bicyclic) bond motifs is 2. The summed E-state index contributed by atoms with van der Waals surface area (Å²) in [6.07, 6.45) is 0. The number of hydrogen-bond acceptors (Lipinski definition) is 6. The van der Waals surface area contributed by atoms with Crippen LogP contribution in [0.2, 0.25) is 0 Å². The molecule has 2 amide bonds. The van der Waals surface area contributed by atoms with Gasteiger partial charge in [-0.1, -0.05) is 48.5 Å². The van der Waals surface area contributed by atoms with Crippen LogP contribution >= 0.6 is 0 Å². The SMILES string of the molecule is CC(=O)NC1(C2(NC(C)=O)C(=O)c3ccccc3C2=O)C(=O)c2ccccc2C1=O. The van der Waals surface area contributed by atoms with Crippen molar-refractivity contribution in [1.82, 2.24) is 10.6 Å². The van der Waals surface area contributed by atoms with E-state index in [0.29, 0.717) is 0 Å². The third-order valence-corrected chi connectivity index (χ3v) is 5.48. The molecule has 30 heavy (non-hydrogen) atoms. The van der Waals surface area contributed by atoms with Gasteiger partial charge in [-0.2, -0.15) is 0 Å². The van der Waals surface area contributed by atoms with Crippen molar-refractivity contribution in [2.45, 2.75) is 24.9 Å². The molecule has 4 rings (SSSR count). The minimum atomic E-state index is -2.64. The molecule has 8 nitrogen and oxygen atoms in total. The standard InChI is InChI=1S/C22H16N2O6/c1-11(25)23-21(17(27)13-7-3-4-8-14(13)18(21)28)22(24-12(2)26)19(29)15-9-5-6-10-16(15)20(22)30/h3-10H,1-2H3,(H,23,25)(H,24,26). The van der Waals surface area contributed by atoms with Crippen LogP contribution < -0.4 is 10.6 Å². The van der Waals surface area contributed by atoms with Crippen LogP contribution in [0, 0.1) is 0 Å². The monoisotopic (exact) mass is 404 g/mol. The number of Topliss-reactive ketones (excluding diaryl/α,β-unsaturated/α-hetero) is 4. The van der Waals surface area contributed by atoms with Gasteiger partial charge in [0.15, 0.2) is 0 Å². The molecule has 0 atom stereocenters. The molecule has 2 aliphatic carbocycles. The lowest BCUT2D eigenvalue weighted by atomic mass is 9.69. The lowest BCUT2D eigenvalue weighted by molar-refractivity contribution is -0.123. The van der Waals surface area contributed by atoms with Gasteiger partial charge in [0, 0.05) is 36.1 Å². The summed E-state index contributed by atoms with van der Waals surface area (Å²) in [5.74, 6) is -5.34. The van der Waals surface area contributed by atoms with E-state index >= 15 is 0 Å². The van der Waals surface area contributed by atoms with Crippen LogP contribution in [0.5, 0.6) is 0 Å². The molecule has 0 aromatic heterocycles. The van der Waals surface area contributed by atoms with Gasteiger partial charge in [-0.25, -0.2) is 0 Å². The average Bonchev–Trinajstić information content (AvgIpc) is 3.06. The summed E-state index contributed by atoms with van der Waals surface area (Å²) in [5.41, 5.74) is -5.45. The van der Waals surface area contributed by atoms with Crippen LogP contribution in [0.1, 0.15) is 55.3 Å². The molecule has 0 radical (unpaired) electrons. The van der Waals surface area contributed by atoms with E-state index < -0.39 is 46.0 Å². The Balaban J connectivity index is 2.10. The van der Waals surface area contributed by atoms with E-state index in [1.807, 2.05) is 0 Å². The van der Waals surface area contributed by atoms with Gasteiger partial charge in [0.05, 0.1) is 0 Å². The number of rotatable bonds is 3. The highest BCUT2D eigenvalue weighted by atomic mass is 16.2. The first-order valence-electron chi connectivity index (χ1n) is 9.13. The van der Waals surface area contributed by atoms with E-state index in [4.69, 9.17) is 0 Å². The zero-order valence-corrected chi connectivity index (χ0v) is 16.1. The molecule has 2 aromatic carbocycles. The lowest BCUT2D eigenvalue weighted by Crippen LogP contribution is -2.80. The Labute approximate surface area is 170 Å². The van der Waals surface area contributed by atoms with Crippen molar-refractivity contribution in [3.8, 4) is 0 Å². The predicted octanol–water partition coefficient (Wildman–Crippen LogP) is 0.895. The largest absolute Gasteiger partial charge is 0.334 e. The number of nitrogens with one attached hydrogen (secondary N) is 2. The van der Waals surface area contributed by atoms with Crippen molar-refractivity contribution in [3.63, 3.8) is 0 Å². The van der Waals surface area contributed by atoms with Crippen molar-refractivity contribution < 1.29 is 28.8 Å². The number of carbonyl (C=O) groups excluding carboxylic acids is 6. The Bertz CT molecular complexity index is 1030. The molecule has 0 spiro atoms. The minimum Gasteiger partial charge on any atom is -0.334 e. The maximum Gasteiger partial charge on any atom is 0.218 e. The third-order valence-electron chi connectivity index (χ3n) is 5.48. The second-order valence-corrected chi connectivity index (χ2v) is 7.27. The number of carbonyl (C=O) groups is 6. The molecule has 2 aliphatic rings. The molecule has 2 N–H and O–H groups in total. The molecule has 0 heterocycles. The molecule has 0 fully saturated rings. The first-order valence-corrected chi connectivity index (χ1v) is 9.13. The Hall–Kier alpha value is -3.94. The number of ketones is 4. The van der Waals surface area contributed by atoms with E-state index in [1.54, 1.807) is 0 Å². The van der Waals surface area contributed by atoms with Gasteiger partial charge in [0.2, 0.25) is 46.0 Å². The van der Waals surface area contributed by atoms with Crippen molar-refractivity contribution in [2.24, 2.45) is 0 Å². The summed E-state index contributed by atoms with van der Waals surface area (Å²) in [5, 5.41) is 4.58. The number of amides is 2. The first kappa shape index (κ1) is 19.4. The highest BCUT2D eigenvalue weighted by molar-refractivity contribution is 6.46. The lowest BCUT2D eigenvalue weighted by Gasteiger charge is -2.41. The van der Waals surface area contributed by atoms with Gasteiger partial charge in [-0.15, -0.1) is 0 Å². The smallest absolute Gasteiger partial charge is 0.218 e. The maximum absolute atomic E-state index is 13.6. The highest BCUT2D eigenvalue weighted by Crippen LogP contribution is 2.44. The Morgan fingerprint density at radius 3 is 1.00 bits per heavy atom. The fourth-order valence-electron chi connectivity index (χ4n) is 4.40. The summed E-state index contributed by atoms with van der Waals surface area (Å²) in [6.45, 7) is 2.12. The molecule has 0 bridgehead atoms. The fourth-order valence-corrected chi connectivity index (χ4v) is 4.40. The summed E-state index contributed by atoms with van der Waals surface area (Å²) in [4.78, 5) is 78.7. The van der Waals surface area contributed by atoms with Gasteiger partial charge in [0.25, 0.3) is 0 Å². The molecule has 0 unspecified atom stereocenters. The summed E-state index contributed by atoms with van der Waals surface area (Å²) in [6, 6.07) is 11.6.